The normalized spacial score (nSPS) is 10.5. The third-order valence-corrected chi connectivity index (χ3v) is 4.31. The monoisotopic (exact) mass is 338 g/mol. The van der Waals surface area contributed by atoms with Crippen LogP contribution in [0.15, 0.2) is 28.7 Å². The summed E-state index contributed by atoms with van der Waals surface area (Å²) in [6.45, 7) is 3.98. The largest absolute Gasteiger partial charge is 0.326 e. The molecule has 1 aromatic heterocycles. The Bertz CT molecular complexity index is 595. The van der Waals surface area contributed by atoms with E-state index in [2.05, 4.69) is 26.2 Å². The highest BCUT2D eigenvalue weighted by Gasteiger charge is 2.08. The van der Waals surface area contributed by atoms with Crippen LogP contribution in [0.1, 0.15) is 22.0 Å². The number of nitrogens with one attached hydrogen (secondary N) is 1. The van der Waals surface area contributed by atoms with Crippen molar-refractivity contribution in [3.63, 3.8) is 0 Å². The number of aromatic nitrogens is 1. The average molecular weight is 339 g/mol. The zero-order valence-electron chi connectivity index (χ0n) is 10.9. The van der Waals surface area contributed by atoms with Crippen LogP contribution in [0.4, 0.5) is 5.69 Å². The molecular weight excluding hydrogens is 324 g/mol. The Labute approximate surface area is 125 Å². The SMILES string of the molecule is Cc1nc(C)c(CCC(=O)Nc2cccc(Br)c2)s1. The minimum Gasteiger partial charge on any atom is -0.326 e. The molecule has 2 aromatic rings. The maximum absolute atomic E-state index is 11.9. The lowest BCUT2D eigenvalue weighted by atomic mass is 10.2. The van der Waals surface area contributed by atoms with Gasteiger partial charge in [0.25, 0.3) is 0 Å². The smallest absolute Gasteiger partial charge is 0.224 e. The summed E-state index contributed by atoms with van der Waals surface area (Å²) in [6, 6.07) is 7.60. The second-order valence-corrected chi connectivity index (χ2v) is 6.50. The molecule has 5 heteroatoms. The molecule has 3 nitrogen and oxygen atoms in total. The van der Waals surface area contributed by atoms with Gasteiger partial charge in [0.05, 0.1) is 10.7 Å². The first-order valence-corrected chi connectivity index (χ1v) is 7.64. The van der Waals surface area contributed by atoms with Crippen molar-refractivity contribution < 1.29 is 4.79 Å². The topological polar surface area (TPSA) is 42.0 Å². The van der Waals surface area contributed by atoms with Gasteiger partial charge in [-0.3, -0.25) is 4.79 Å². The van der Waals surface area contributed by atoms with E-state index in [1.165, 1.54) is 4.88 Å². The number of amides is 1. The van der Waals surface area contributed by atoms with Crippen LogP contribution in [0.5, 0.6) is 0 Å². The minimum absolute atomic E-state index is 0.0311. The molecule has 0 radical (unpaired) electrons. The number of halogens is 1. The molecule has 1 N–H and O–H groups in total. The molecule has 0 spiro atoms. The highest BCUT2D eigenvalue weighted by atomic mass is 79.9. The highest BCUT2D eigenvalue weighted by Crippen LogP contribution is 2.20. The summed E-state index contributed by atoms with van der Waals surface area (Å²) >= 11 is 5.05. The summed E-state index contributed by atoms with van der Waals surface area (Å²) in [5.74, 6) is 0.0311. The molecule has 0 fully saturated rings. The first-order valence-electron chi connectivity index (χ1n) is 6.03. The predicted molar refractivity (Wildman–Crippen MR) is 82.7 cm³/mol. The Morgan fingerprint density at radius 1 is 1.42 bits per heavy atom. The Hall–Kier alpha value is -1.20. The number of hydrogen-bond acceptors (Lipinski definition) is 3. The number of carbonyl (C=O) groups excluding carboxylic acids is 1. The van der Waals surface area contributed by atoms with Crippen LogP contribution in [-0.2, 0) is 11.2 Å². The number of hydrogen-bond donors (Lipinski definition) is 1. The molecule has 0 atom stereocenters. The van der Waals surface area contributed by atoms with Crippen molar-refractivity contribution in [3.8, 4) is 0 Å². The Morgan fingerprint density at radius 2 is 2.21 bits per heavy atom. The zero-order chi connectivity index (χ0) is 13.8. The van der Waals surface area contributed by atoms with Gasteiger partial charge in [-0.05, 0) is 38.5 Å². The summed E-state index contributed by atoms with van der Waals surface area (Å²) in [4.78, 5) is 17.4. The molecular formula is C14H15BrN2OS. The third kappa shape index (κ3) is 4.14. The molecule has 1 amide bonds. The van der Waals surface area contributed by atoms with E-state index >= 15 is 0 Å². The molecule has 0 unspecified atom stereocenters. The van der Waals surface area contributed by atoms with Gasteiger partial charge in [-0.25, -0.2) is 4.98 Å². The van der Waals surface area contributed by atoms with Crippen LogP contribution in [0.3, 0.4) is 0 Å². The van der Waals surface area contributed by atoms with E-state index in [9.17, 15) is 4.79 Å². The molecule has 19 heavy (non-hydrogen) atoms. The molecule has 0 aliphatic carbocycles. The van der Waals surface area contributed by atoms with Gasteiger partial charge >= 0.3 is 0 Å². The fourth-order valence-corrected chi connectivity index (χ4v) is 3.16. The number of carbonyl (C=O) groups is 1. The molecule has 2 rings (SSSR count). The molecule has 0 aliphatic heterocycles. The van der Waals surface area contributed by atoms with E-state index < -0.39 is 0 Å². The Balaban J connectivity index is 1.90. The van der Waals surface area contributed by atoms with Crippen molar-refractivity contribution in [2.75, 3.05) is 5.32 Å². The molecule has 1 aromatic carbocycles. The van der Waals surface area contributed by atoms with Gasteiger partial charge in [0.1, 0.15) is 0 Å². The third-order valence-electron chi connectivity index (χ3n) is 2.69. The molecule has 1 heterocycles. The van der Waals surface area contributed by atoms with Crippen LogP contribution in [0, 0.1) is 13.8 Å². The lowest BCUT2D eigenvalue weighted by Crippen LogP contribution is -2.12. The van der Waals surface area contributed by atoms with Crippen molar-refractivity contribution in [1.82, 2.24) is 4.98 Å². The highest BCUT2D eigenvalue weighted by molar-refractivity contribution is 9.10. The van der Waals surface area contributed by atoms with Gasteiger partial charge in [0, 0.05) is 21.5 Å². The molecule has 0 aliphatic rings. The van der Waals surface area contributed by atoms with Gasteiger partial charge in [-0.2, -0.15) is 0 Å². The van der Waals surface area contributed by atoms with Crippen molar-refractivity contribution >= 4 is 38.9 Å². The van der Waals surface area contributed by atoms with Crippen LogP contribution in [0.25, 0.3) is 0 Å². The van der Waals surface area contributed by atoms with Gasteiger partial charge < -0.3 is 5.32 Å². The van der Waals surface area contributed by atoms with E-state index in [1.54, 1.807) is 11.3 Å². The van der Waals surface area contributed by atoms with E-state index in [4.69, 9.17) is 0 Å². The van der Waals surface area contributed by atoms with E-state index in [1.807, 2.05) is 38.1 Å². The first kappa shape index (κ1) is 14.2. The van der Waals surface area contributed by atoms with Gasteiger partial charge in [0.2, 0.25) is 5.91 Å². The number of thiazole rings is 1. The van der Waals surface area contributed by atoms with Crippen LogP contribution >= 0.6 is 27.3 Å². The maximum Gasteiger partial charge on any atom is 0.224 e. The van der Waals surface area contributed by atoms with E-state index in [0.717, 1.165) is 27.3 Å². The molecule has 0 bridgehead atoms. The summed E-state index contributed by atoms with van der Waals surface area (Å²) in [5, 5.41) is 3.95. The van der Waals surface area contributed by atoms with Crippen LogP contribution in [0.2, 0.25) is 0 Å². The number of aryl methyl sites for hydroxylation is 3. The average Bonchev–Trinajstić information content (AvgIpc) is 2.65. The Kier molecular flexibility index (Phi) is 4.71. The van der Waals surface area contributed by atoms with Gasteiger partial charge in [0.15, 0.2) is 0 Å². The molecule has 100 valence electrons. The summed E-state index contributed by atoms with van der Waals surface area (Å²) in [7, 11) is 0. The number of nitrogens with zero attached hydrogens (tertiary/aromatic N) is 1. The summed E-state index contributed by atoms with van der Waals surface area (Å²) in [6.07, 6.45) is 1.23. The standard InChI is InChI=1S/C14H15BrN2OS/c1-9-13(19-10(2)16-9)6-7-14(18)17-12-5-3-4-11(15)8-12/h3-5,8H,6-7H2,1-2H3,(H,17,18). The minimum atomic E-state index is 0.0311. The second-order valence-electron chi connectivity index (χ2n) is 4.30. The zero-order valence-corrected chi connectivity index (χ0v) is 13.3. The van der Waals surface area contributed by atoms with Crippen molar-refractivity contribution in [2.45, 2.75) is 26.7 Å². The van der Waals surface area contributed by atoms with Crippen molar-refractivity contribution in [3.05, 3.63) is 44.3 Å². The summed E-state index contributed by atoms with van der Waals surface area (Å²) < 4.78 is 0.958. The van der Waals surface area contributed by atoms with Gasteiger partial charge in [-0.15, -0.1) is 11.3 Å². The van der Waals surface area contributed by atoms with Crippen molar-refractivity contribution in [2.24, 2.45) is 0 Å². The maximum atomic E-state index is 11.9. The Morgan fingerprint density at radius 3 is 2.84 bits per heavy atom. The lowest BCUT2D eigenvalue weighted by molar-refractivity contribution is -0.116. The lowest BCUT2D eigenvalue weighted by Gasteiger charge is -2.05. The van der Waals surface area contributed by atoms with Crippen molar-refractivity contribution in [1.29, 1.82) is 0 Å². The van der Waals surface area contributed by atoms with E-state index in [-0.39, 0.29) is 5.91 Å². The number of benzene rings is 1. The quantitative estimate of drug-likeness (QED) is 0.911. The molecule has 0 saturated heterocycles. The van der Waals surface area contributed by atoms with Gasteiger partial charge in [-0.1, -0.05) is 22.0 Å². The fourth-order valence-electron chi connectivity index (χ4n) is 1.82. The predicted octanol–water partition coefficient (Wildman–Crippen LogP) is 4.09. The second kappa shape index (κ2) is 6.30. The summed E-state index contributed by atoms with van der Waals surface area (Å²) in [5.41, 5.74) is 1.86. The van der Waals surface area contributed by atoms with Crippen LogP contribution < -0.4 is 5.32 Å². The number of anilines is 1. The van der Waals surface area contributed by atoms with E-state index in [0.29, 0.717) is 6.42 Å². The first-order chi connectivity index (χ1) is 9.04. The molecule has 0 saturated carbocycles. The number of rotatable bonds is 4. The fraction of sp³-hybridized carbons (Fsp3) is 0.286. The van der Waals surface area contributed by atoms with Crippen LogP contribution in [-0.4, -0.2) is 10.9 Å².